The number of aromatic nitrogens is 2. The molecular weight excluding hydrogens is 282 g/mol. The predicted octanol–water partition coefficient (Wildman–Crippen LogP) is 1.61. The van der Waals surface area contributed by atoms with E-state index in [1.807, 2.05) is 22.9 Å². The minimum Gasteiger partial charge on any atom is -0.469 e. The van der Waals surface area contributed by atoms with Crippen molar-refractivity contribution in [2.24, 2.45) is 0 Å². The molecule has 116 valence electrons. The second kappa shape index (κ2) is 7.40. The molecule has 2 aromatic rings. The van der Waals surface area contributed by atoms with Crippen molar-refractivity contribution < 1.29 is 14.3 Å². The first kappa shape index (κ1) is 15.8. The lowest BCUT2D eigenvalue weighted by Crippen LogP contribution is -2.34. The van der Waals surface area contributed by atoms with E-state index in [1.165, 1.54) is 7.11 Å². The largest absolute Gasteiger partial charge is 0.469 e. The molecule has 1 aromatic heterocycles. The molecule has 0 aliphatic carbocycles. The third-order valence-electron chi connectivity index (χ3n) is 3.22. The number of imidazole rings is 1. The third kappa shape index (κ3) is 4.44. The molecule has 0 spiro atoms. The van der Waals surface area contributed by atoms with Gasteiger partial charge in [0.1, 0.15) is 0 Å². The van der Waals surface area contributed by atoms with Crippen LogP contribution < -0.4 is 5.32 Å². The monoisotopic (exact) mass is 301 g/mol. The summed E-state index contributed by atoms with van der Waals surface area (Å²) < 4.78 is 6.53. The molecule has 22 heavy (non-hydrogen) atoms. The average Bonchev–Trinajstić information content (AvgIpc) is 3.00. The second-order valence-corrected chi connectivity index (χ2v) is 5.09. The summed E-state index contributed by atoms with van der Waals surface area (Å²) >= 11 is 0. The highest BCUT2D eigenvalue weighted by Crippen LogP contribution is 2.07. The number of benzene rings is 1. The summed E-state index contributed by atoms with van der Waals surface area (Å²) in [5.41, 5.74) is 1.64. The van der Waals surface area contributed by atoms with Crippen molar-refractivity contribution >= 4 is 11.9 Å². The van der Waals surface area contributed by atoms with Crippen molar-refractivity contribution in [1.29, 1.82) is 0 Å². The van der Waals surface area contributed by atoms with E-state index >= 15 is 0 Å². The number of methoxy groups -OCH3 is 1. The summed E-state index contributed by atoms with van der Waals surface area (Å²) in [7, 11) is 1.33. The van der Waals surface area contributed by atoms with Crippen LogP contribution in [0, 0.1) is 0 Å². The maximum atomic E-state index is 12.1. The SMILES string of the molecule is COC(=O)CC(C)NC(=O)c1ccc(Cn2ccnc2)cc1. The summed E-state index contributed by atoms with van der Waals surface area (Å²) in [5, 5.41) is 2.77. The van der Waals surface area contributed by atoms with Crippen LogP contribution in [0.15, 0.2) is 43.0 Å². The van der Waals surface area contributed by atoms with Crippen LogP contribution in [0.4, 0.5) is 0 Å². The van der Waals surface area contributed by atoms with E-state index in [0.717, 1.165) is 5.56 Å². The molecule has 1 heterocycles. The number of nitrogens with zero attached hydrogens (tertiary/aromatic N) is 2. The summed E-state index contributed by atoms with van der Waals surface area (Å²) in [6.45, 7) is 2.48. The summed E-state index contributed by atoms with van der Waals surface area (Å²) in [6.07, 6.45) is 5.51. The van der Waals surface area contributed by atoms with Crippen LogP contribution in [0.5, 0.6) is 0 Å². The van der Waals surface area contributed by atoms with Crippen LogP contribution in [0.1, 0.15) is 29.3 Å². The average molecular weight is 301 g/mol. The second-order valence-electron chi connectivity index (χ2n) is 5.09. The van der Waals surface area contributed by atoms with Crippen molar-refractivity contribution in [3.63, 3.8) is 0 Å². The Morgan fingerprint density at radius 2 is 2.05 bits per heavy atom. The molecule has 0 fully saturated rings. The van der Waals surface area contributed by atoms with Gasteiger partial charge in [-0.1, -0.05) is 12.1 Å². The Bertz CT molecular complexity index is 621. The fourth-order valence-electron chi connectivity index (χ4n) is 2.04. The van der Waals surface area contributed by atoms with Gasteiger partial charge in [-0.3, -0.25) is 9.59 Å². The van der Waals surface area contributed by atoms with E-state index in [2.05, 4.69) is 15.0 Å². The van der Waals surface area contributed by atoms with Gasteiger partial charge in [-0.25, -0.2) is 4.98 Å². The highest BCUT2D eigenvalue weighted by Gasteiger charge is 2.13. The molecule has 1 amide bonds. The molecule has 0 aliphatic rings. The van der Waals surface area contributed by atoms with Gasteiger partial charge < -0.3 is 14.6 Å². The minimum absolute atomic E-state index is 0.154. The molecule has 6 nitrogen and oxygen atoms in total. The number of hydrogen-bond acceptors (Lipinski definition) is 4. The number of carbonyl (C=O) groups is 2. The van der Waals surface area contributed by atoms with Crippen LogP contribution in [-0.4, -0.2) is 34.6 Å². The zero-order valence-electron chi connectivity index (χ0n) is 12.7. The van der Waals surface area contributed by atoms with Crippen molar-refractivity contribution in [3.8, 4) is 0 Å². The number of hydrogen-bond donors (Lipinski definition) is 1. The van der Waals surface area contributed by atoms with Gasteiger partial charge in [-0.05, 0) is 24.6 Å². The first-order valence-electron chi connectivity index (χ1n) is 7.01. The normalized spacial score (nSPS) is 11.7. The quantitative estimate of drug-likeness (QED) is 0.823. The Kier molecular flexibility index (Phi) is 5.30. The van der Waals surface area contributed by atoms with Gasteiger partial charge in [-0.2, -0.15) is 0 Å². The molecule has 1 N–H and O–H groups in total. The Morgan fingerprint density at radius 1 is 1.32 bits per heavy atom. The first-order chi connectivity index (χ1) is 10.6. The number of rotatable bonds is 6. The molecule has 6 heteroatoms. The summed E-state index contributed by atoms with van der Waals surface area (Å²) in [6, 6.07) is 7.07. The molecule has 2 rings (SSSR count). The van der Waals surface area contributed by atoms with Gasteiger partial charge in [0.2, 0.25) is 0 Å². The fourth-order valence-corrected chi connectivity index (χ4v) is 2.04. The van der Waals surface area contributed by atoms with E-state index in [9.17, 15) is 9.59 Å². The van der Waals surface area contributed by atoms with Gasteiger partial charge in [-0.15, -0.1) is 0 Å². The van der Waals surface area contributed by atoms with E-state index in [-0.39, 0.29) is 24.3 Å². The van der Waals surface area contributed by atoms with E-state index in [4.69, 9.17) is 0 Å². The highest BCUT2D eigenvalue weighted by atomic mass is 16.5. The fraction of sp³-hybridized carbons (Fsp3) is 0.312. The number of amides is 1. The Hall–Kier alpha value is -2.63. The molecule has 0 saturated carbocycles. The molecule has 1 atom stereocenters. The van der Waals surface area contributed by atoms with Gasteiger partial charge in [0, 0.05) is 30.5 Å². The summed E-state index contributed by atoms with van der Waals surface area (Å²) in [5.74, 6) is -0.547. The number of ether oxygens (including phenoxy) is 1. The number of carbonyl (C=O) groups excluding carboxylic acids is 2. The van der Waals surface area contributed by atoms with Crippen LogP contribution in [-0.2, 0) is 16.1 Å². The zero-order chi connectivity index (χ0) is 15.9. The molecule has 1 unspecified atom stereocenters. The predicted molar refractivity (Wildman–Crippen MR) is 81.3 cm³/mol. The van der Waals surface area contributed by atoms with Crippen LogP contribution in [0.3, 0.4) is 0 Å². The topological polar surface area (TPSA) is 73.2 Å². The Balaban J connectivity index is 1.92. The smallest absolute Gasteiger partial charge is 0.307 e. The van der Waals surface area contributed by atoms with Crippen molar-refractivity contribution in [1.82, 2.24) is 14.9 Å². The van der Waals surface area contributed by atoms with Crippen molar-refractivity contribution in [2.75, 3.05) is 7.11 Å². The van der Waals surface area contributed by atoms with Gasteiger partial charge in [0.05, 0.1) is 19.9 Å². The van der Waals surface area contributed by atoms with Crippen LogP contribution in [0.2, 0.25) is 0 Å². The van der Waals surface area contributed by atoms with Crippen molar-refractivity contribution in [3.05, 3.63) is 54.1 Å². The van der Waals surface area contributed by atoms with Crippen LogP contribution in [0.25, 0.3) is 0 Å². The lowest BCUT2D eigenvalue weighted by atomic mass is 10.1. The van der Waals surface area contributed by atoms with E-state index < -0.39 is 0 Å². The highest BCUT2D eigenvalue weighted by molar-refractivity contribution is 5.94. The maximum Gasteiger partial charge on any atom is 0.307 e. The molecule has 0 saturated heterocycles. The molecule has 0 bridgehead atoms. The Morgan fingerprint density at radius 3 is 2.64 bits per heavy atom. The maximum absolute atomic E-state index is 12.1. The first-order valence-corrected chi connectivity index (χ1v) is 7.01. The number of nitrogens with one attached hydrogen (secondary N) is 1. The van der Waals surface area contributed by atoms with E-state index in [1.54, 1.807) is 31.6 Å². The Labute approximate surface area is 129 Å². The summed E-state index contributed by atoms with van der Waals surface area (Å²) in [4.78, 5) is 27.2. The third-order valence-corrected chi connectivity index (χ3v) is 3.22. The van der Waals surface area contributed by atoms with Gasteiger partial charge in [0.25, 0.3) is 5.91 Å². The molecular formula is C16H19N3O3. The standard InChI is InChI=1S/C16H19N3O3/c1-12(9-15(20)22-2)18-16(21)14-5-3-13(4-6-14)10-19-8-7-17-11-19/h3-8,11-12H,9-10H2,1-2H3,(H,18,21). The van der Waals surface area contributed by atoms with Gasteiger partial charge in [0.15, 0.2) is 0 Å². The van der Waals surface area contributed by atoms with E-state index in [0.29, 0.717) is 12.1 Å². The molecule has 1 aromatic carbocycles. The lowest BCUT2D eigenvalue weighted by Gasteiger charge is -2.12. The van der Waals surface area contributed by atoms with Crippen molar-refractivity contribution in [2.45, 2.75) is 25.9 Å². The molecule has 0 radical (unpaired) electrons. The molecule has 0 aliphatic heterocycles. The van der Waals surface area contributed by atoms with Crippen LogP contribution >= 0.6 is 0 Å². The number of esters is 1. The minimum atomic E-state index is -0.344. The lowest BCUT2D eigenvalue weighted by molar-refractivity contribution is -0.141. The van der Waals surface area contributed by atoms with Gasteiger partial charge >= 0.3 is 5.97 Å². The zero-order valence-corrected chi connectivity index (χ0v) is 12.7.